The predicted molar refractivity (Wildman–Crippen MR) is 78.1 cm³/mol. The van der Waals surface area contributed by atoms with E-state index in [1.807, 2.05) is 42.5 Å². The molecule has 0 atom stereocenters. The van der Waals surface area contributed by atoms with Gasteiger partial charge in [0.2, 0.25) is 0 Å². The van der Waals surface area contributed by atoms with Crippen molar-refractivity contribution in [3.05, 3.63) is 57.4 Å². The largest absolute Gasteiger partial charge is 0.495 e. The number of H-pyrrole nitrogens is 1. The van der Waals surface area contributed by atoms with E-state index in [-0.39, 0.29) is 5.69 Å². The van der Waals surface area contributed by atoms with Gasteiger partial charge >= 0.3 is 5.69 Å². The molecular formula is C14H11BrN2O2. The minimum absolute atomic E-state index is 0.183. The Kier molecular flexibility index (Phi) is 2.91. The number of hydrogen-bond donors (Lipinski definition) is 1. The third-order valence-electron chi connectivity index (χ3n) is 2.97. The highest BCUT2D eigenvalue weighted by Gasteiger charge is 2.12. The van der Waals surface area contributed by atoms with Crippen LogP contribution in [0.4, 0.5) is 0 Å². The first-order chi connectivity index (χ1) is 9.20. The highest BCUT2D eigenvalue weighted by molar-refractivity contribution is 9.10. The number of ether oxygens (including phenoxy) is 1. The maximum Gasteiger partial charge on any atom is 0.331 e. The summed E-state index contributed by atoms with van der Waals surface area (Å²) in [6.45, 7) is 0. The van der Waals surface area contributed by atoms with Gasteiger partial charge in [-0.05, 0) is 30.3 Å². The van der Waals surface area contributed by atoms with Crippen LogP contribution in [0.5, 0.6) is 5.75 Å². The molecule has 1 heterocycles. The monoisotopic (exact) mass is 318 g/mol. The minimum atomic E-state index is -0.183. The maximum absolute atomic E-state index is 12.2. The molecule has 3 aromatic rings. The minimum Gasteiger partial charge on any atom is -0.495 e. The molecule has 0 aliphatic rings. The van der Waals surface area contributed by atoms with E-state index in [1.165, 1.54) is 0 Å². The summed E-state index contributed by atoms with van der Waals surface area (Å²) in [5.41, 5.74) is 2.14. The lowest BCUT2D eigenvalue weighted by molar-refractivity contribution is 0.413. The van der Waals surface area contributed by atoms with Gasteiger partial charge in [0.25, 0.3) is 0 Å². The molecule has 0 spiro atoms. The van der Waals surface area contributed by atoms with Crippen LogP contribution in [0, 0.1) is 0 Å². The Labute approximate surface area is 117 Å². The average Bonchev–Trinajstić information content (AvgIpc) is 2.73. The first-order valence-electron chi connectivity index (χ1n) is 5.74. The van der Waals surface area contributed by atoms with Gasteiger partial charge in [0, 0.05) is 4.47 Å². The maximum atomic E-state index is 12.2. The van der Waals surface area contributed by atoms with E-state index in [0.717, 1.165) is 21.2 Å². The molecule has 0 aliphatic heterocycles. The molecule has 4 nitrogen and oxygen atoms in total. The van der Waals surface area contributed by atoms with Crippen molar-refractivity contribution in [2.24, 2.45) is 0 Å². The highest BCUT2D eigenvalue weighted by atomic mass is 79.9. The molecule has 5 heteroatoms. The molecule has 0 radical (unpaired) electrons. The highest BCUT2D eigenvalue weighted by Crippen LogP contribution is 2.25. The van der Waals surface area contributed by atoms with Crippen LogP contribution in [0.3, 0.4) is 0 Å². The molecule has 96 valence electrons. The number of imidazole rings is 1. The lowest BCUT2D eigenvalue weighted by Crippen LogP contribution is -2.15. The molecule has 0 amide bonds. The van der Waals surface area contributed by atoms with Crippen LogP contribution in [0.1, 0.15) is 0 Å². The lowest BCUT2D eigenvalue weighted by atomic mass is 10.2. The fourth-order valence-corrected chi connectivity index (χ4v) is 2.50. The second-order valence-electron chi connectivity index (χ2n) is 4.10. The number of benzene rings is 2. The summed E-state index contributed by atoms with van der Waals surface area (Å²) < 4.78 is 7.85. The van der Waals surface area contributed by atoms with E-state index in [1.54, 1.807) is 11.7 Å². The topological polar surface area (TPSA) is 47.0 Å². The summed E-state index contributed by atoms with van der Waals surface area (Å²) in [4.78, 5) is 15.0. The summed E-state index contributed by atoms with van der Waals surface area (Å²) >= 11 is 3.39. The Hall–Kier alpha value is -2.01. The van der Waals surface area contributed by atoms with Gasteiger partial charge in [-0.2, -0.15) is 0 Å². The second-order valence-corrected chi connectivity index (χ2v) is 5.01. The Morgan fingerprint density at radius 1 is 1.21 bits per heavy atom. The normalized spacial score (nSPS) is 10.8. The number of nitrogens with zero attached hydrogens (tertiary/aromatic N) is 1. The van der Waals surface area contributed by atoms with Gasteiger partial charge in [-0.1, -0.05) is 28.1 Å². The molecule has 1 aromatic heterocycles. The summed E-state index contributed by atoms with van der Waals surface area (Å²) in [5.74, 6) is 0.661. The predicted octanol–water partition coefficient (Wildman–Crippen LogP) is 3.09. The van der Waals surface area contributed by atoms with Crippen molar-refractivity contribution in [1.82, 2.24) is 9.55 Å². The van der Waals surface area contributed by atoms with Gasteiger partial charge in [0.15, 0.2) is 0 Å². The van der Waals surface area contributed by atoms with Crippen LogP contribution in [0.25, 0.3) is 16.7 Å². The second kappa shape index (κ2) is 4.59. The number of fused-ring (bicyclic) bond motifs is 1. The third-order valence-corrected chi connectivity index (χ3v) is 3.46. The number of nitrogens with one attached hydrogen (secondary N) is 1. The Balaban J connectivity index is 2.36. The van der Waals surface area contributed by atoms with E-state index in [2.05, 4.69) is 20.9 Å². The molecule has 2 aromatic carbocycles. The Bertz CT molecular complexity index is 805. The molecule has 3 rings (SSSR count). The molecule has 1 N–H and O–H groups in total. The van der Waals surface area contributed by atoms with E-state index in [9.17, 15) is 4.79 Å². The lowest BCUT2D eigenvalue weighted by Gasteiger charge is -2.08. The molecule has 0 bridgehead atoms. The Morgan fingerprint density at radius 2 is 2.00 bits per heavy atom. The fourth-order valence-electron chi connectivity index (χ4n) is 2.14. The molecular weight excluding hydrogens is 308 g/mol. The fraction of sp³-hybridized carbons (Fsp3) is 0.0714. The van der Waals surface area contributed by atoms with Crippen LogP contribution in [-0.4, -0.2) is 16.7 Å². The van der Waals surface area contributed by atoms with Gasteiger partial charge in [-0.25, -0.2) is 4.79 Å². The molecule has 0 saturated heterocycles. The van der Waals surface area contributed by atoms with E-state index < -0.39 is 0 Å². The third kappa shape index (κ3) is 1.96. The quantitative estimate of drug-likeness (QED) is 0.789. The number of hydrogen-bond acceptors (Lipinski definition) is 2. The summed E-state index contributed by atoms with van der Waals surface area (Å²) in [6.07, 6.45) is 0. The van der Waals surface area contributed by atoms with E-state index in [4.69, 9.17) is 4.74 Å². The van der Waals surface area contributed by atoms with Gasteiger partial charge in [0.1, 0.15) is 5.75 Å². The van der Waals surface area contributed by atoms with Crippen LogP contribution in [0.2, 0.25) is 0 Å². The van der Waals surface area contributed by atoms with Gasteiger partial charge < -0.3 is 9.72 Å². The first kappa shape index (κ1) is 12.0. The van der Waals surface area contributed by atoms with Crippen molar-refractivity contribution in [2.45, 2.75) is 0 Å². The number of para-hydroxylation sites is 2. The van der Waals surface area contributed by atoms with E-state index >= 15 is 0 Å². The molecule has 0 saturated carbocycles. The first-order valence-corrected chi connectivity index (χ1v) is 6.53. The van der Waals surface area contributed by atoms with Gasteiger partial charge in [-0.15, -0.1) is 0 Å². The molecule has 0 unspecified atom stereocenters. The number of aromatic amines is 1. The van der Waals surface area contributed by atoms with Crippen molar-refractivity contribution in [1.29, 1.82) is 0 Å². The van der Waals surface area contributed by atoms with E-state index in [0.29, 0.717) is 5.75 Å². The SMILES string of the molecule is COc1ccccc1-n1c(=O)[nH]c2cc(Br)ccc21. The van der Waals surface area contributed by atoms with Crippen molar-refractivity contribution >= 4 is 27.0 Å². The smallest absolute Gasteiger partial charge is 0.331 e. The number of halogens is 1. The molecule has 0 aliphatic carbocycles. The summed E-state index contributed by atoms with van der Waals surface area (Å²) in [7, 11) is 1.59. The van der Waals surface area contributed by atoms with Crippen molar-refractivity contribution in [2.75, 3.05) is 7.11 Å². The van der Waals surface area contributed by atoms with Crippen LogP contribution >= 0.6 is 15.9 Å². The summed E-state index contributed by atoms with van der Waals surface area (Å²) in [6, 6.07) is 13.1. The molecule has 0 fully saturated rings. The summed E-state index contributed by atoms with van der Waals surface area (Å²) in [5, 5.41) is 0. The van der Waals surface area contributed by atoms with Crippen LogP contribution in [-0.2, 0) is 0 Å². The number of methoxy groups -OCH3 is 1. The Morgan fingerprint density at radius 3 is 2.79 bits per heavy atom. The zero-order valence-electron chi connectivity index (χ0n) is 10.2. The van der Waals surface area contributed by atoms with Crippen molar-refractivity contribution in [3.8, 4) is 11.4 Å². The molecule has 19 heavy (non-hydrogen) atoms. The van der Waals surface area contributed by atoms with Crippen molar-refractivity contribution < 1.29 is 4.74 Å². The zero-order valence-corrected chi connectivity index (χ0v) is 11.8. The standard InChI is InChI=1S/C14H11BrN2O2/c1-19-13-5-3-2-4-12(13)17-11-7-6-9(15)8-10(11)16-14(17)18/h2-8H,1H3,(H,16,18). The van der Waals surface area contributed by atoms with Gasteiger partial charge in [0.05, 0.1) is 23.8 Å². The van der Waals surface area contributed by atoms with Crippen LogP contribution < -0.4 is 10.4 Å². The van der Waals surface area contributed by atoms with Crippen molar-refractivity contribution in [3.63, 3.8) is 0 Å². The average molecular weight is 319 g/mol. The van der Waals surface area contributed by atoms with Gasteiger partial charge in [-0.3, -0.25) is 4.57 Å². The number of aromatic nitrogens is 2. The van der Waals surface area contributed by atoms with Crippen LogP contribution in [0.15, 0.2) is 51.7 Å². The zero-order chi connectivity index (χ0) is 13.4. The number of rotatable bonds is 2.